The SMILES string of the molecule is C=C/C=C\C(C)=C/C.CCC.CCC. The second-order valence-corrected chi connectivity index (χ2v) is 3.04. The van der Waals surface area contributed by atoms with E-state index in [0.29, 0.717) is 0 Å². The molecule has 0 spiro atoms. The summed E-state index contributed by atoms with van der Waals surface area (Å²) in [5, 5.41) is 0. The molecule has 14 heavy (non-hydrogen) atoms. The number of hydrogen-bond donors (Lipinski definition) is 0. The van der Waals surface area contributed by atoms with Gasteiger partial charge in [-0.1, -0.05) is 77.0 Å². The van der Waals surface area contributed by atoms with Crippen LogP contribution in [0.1, 0.15) is 54.4 Å². The van der Waals surface area contributed by atoms with Gasteiger partial charge < -0.3 is 0 Å². The molecule has 0 atom stereocenters. The Hall–Kier alpha value is -0.780. The van der Waals surface area contributed by atoms with Gasteiger partial charge in [-0.15, -0.1) is 0 Å². The summed E-state index contributed by atoms with van der Waals surface area (Å²) < 4.78 is 0. The smallest absolute Gasteiger partial charge is 0.0401 e. The van der Waals surface area contributed by atoms with Gasteiger partial charge in [-0.3, -0.25) is 0 Å². The first-order chi connectivity index (χ1) is 6.64. The van der Waals surface area contributed by atoms with Gasteiger partial charge in [-0.25, -0.2) is 0 Å². The van der Waals surface area contributed by atoms with Crippen LogP contribution in [0.25, 0.3) is 0 Å². The summed E-state index contributed by atoms with van der Waals surface area (Å²) in [5.41, 5.74) is 1.27. The lowest BCUT2D eigenvalue weighted by Crippen LogP contribution is -1.60. The van der Waals surface area contributed by atoms with Gasteiger partial charge in [0.05, 0.1) is 0 Å². The number of allylic oxidation sites excluding steroid dienone is 5. The van der Waals surface area contributed by atoms with Crippen molar-refractivity contribution in [2.24, 2.45) is 0 Å². The molecule has 0 saturated heterocycles. The van der Waals surface area contributed by atoms with Crippen LogP contribution in [0.3, 0.4) is 0 Å². The Morgan fingerprint density at radius 1 is 1.07 bits per heavy atom. The van der Waals surface area contributed by atoms with Gasteiger partial charge >= 0.3 is 0 Å². The highest BCUT2D eigenvalue weighted by Gasteiger charge is 1.70. The Bertz CT molecular complexity index is 136. The zero-order valence-electron chi connectivity index (χ0n) is 10.9. The molecule has 0 bridgehead atoms. The molecule has 0 aromatic rings. The Kier molecular flexibility index (Phi) is 30.7. The minimum absolute atomic E-state index is 1.25. The maximum Gasteiger partial charge on any atom is -0.0401 e. The maximum atomic E-state index is 3.55. The normalized spacial score (nSPS) is 9.71. The first kappa shape index (κ1) is 18.9. The van der Waals surface area contributed by atoms with E-state index in [1.807, 2.05) is 19.1 Å². The first-order valence-electron chi connectivity index (χ1n) is 5.56. The van der Waals surface area contributed by atoms with Crippen molar-refractivity contribution >= 4 is 0 Å². The van der Waals surface area contributed by atoms with E-state index in [0.717, 1.165) is 0 Å². The van der Waals surface area contributed by atoms with Crippen LogP contribution >= 0.6 is 0 Å². The zero-order valence-corrected chi connectivity index (χ0v) is 10.9. The van der Waals surface area contributed by atoms with Crippen molar-refractivity contribution in [1.82, 2.24) is 0 Å². The van der Waals surface area contributed by atoms with Crippen molar-refractivity contribution in [3.63, 3.8) is 0 Å². The fourth-order valence-electron chi connectivity index (χ4n) is 0.316. The summed E-state index contributed by atoms with van der Waals surface area (Å²) in [6, 6.07) is 0. The molecule has 0 fully saturated rings. The van der Waals surface area contributed by atoms with Gasteiger partial charge in [-0.2, -0.15) is 0 Å². The highest BCUT2D eigenvalue weighted by Crippen LogP contribution is 1.92. The Morgan fingerprint density at radius 2 is 1.43 bits per heavy atom. The van der Waals surface area contributed by atoms with Crippen molar-refractivity contribution in [2.45, 2.75) is 54.4 Å². The molecule has 0 N–H and O–H groups in total. The highest BCUT2D eigenvalue weighted by molar-refractivity contribution is 5.18. The standard InChI is InChI=1S/C8H12.2C3H8/c1-4-6-7-8(3)5-2;2*1-3-2/h4-7H,1H2,2-3H3;2*3H2,1-2H3/b7-6-,8-5-;;. The van der Waals surface area contributed by atoms with Crippen LogP contribution in [-0.4, -0.2) is 0 Å². The third-order valence-electron chi connectivity index (χ3n) is 0.951. The molecule has 0 nitrogen and oxygen atoms in total. The molecule has 0 radical (unpaired) electrons. The lowest BCUT2D eigenvalue weighted by molar-refractivity contribution is 1.09. The second kappa shape index (κ2) is 22.8. The molecule has 0 saturated carbocycles. The third kappa shape index (κ3) is 43.0. The lowest BCUT2D eigenvalue weighted by Gasteiger charge is -1.82. The van der Waals surface area contributed by atoms with E-state index in [1.165, 1.54) is 18.4 Å². The van der Waals surface area contributed by atoms with Gasteiger partial charge in [0.2, 0.25) is 0 Å². The van der Waals surface area contributed by atoms with Gasteiger partial charge in [0.25, 0.3) is 0 Å². The van der Waals surface area contributed by atoms with Gasteiger partial charge in [0, 0.05) is 0 Å². The van der Waals surface area contributed by atoms with Crippen LogP contribution in [0.5, 0.6) is 0 Å². The van der Waals surface area contributed by atoms with E-state index in [2.05, 4.69) is 47.3 Å². The molecule has 0 heteroatoms. The summed E-state index contributed by atoms with van der Waals surface area (Å²) in [4.78, 5) is 0. The predicted octanol–water partition coefficient (Wildman–Crippen LogP) is 5.53. The monoisotopic (exact) mass is 196 g/mol. The maximum absolute atomic E-state index is 3.55. The lowest BCUT2D eigenvalue weighted by atomic mass is 10.3. The second-order valence-electron chi connectivity index (χ2n) is 3.04. The van der Waals surface area contributed by atoms with Crippen LogP contribution in [0.4, 0.5) is 0 Å². The fourth-order valence-corrected chi connectivity index (χ4v) is 0.316. The van der Waals surface area contributed by atoms with Crippen molar-refractivity contribution in [3.8, 4) is 0 Å². The van der Waals surface area contributed by atoms with Crippen molar-refractivity contribution < 1.29 is 0 Å². The van der Waals surface area contributed by atoms with E-state index in [-0.39, 0.29) is 0 Å². The van der Waals surface area contributed by atoms with Crippen LogP contribution in [0, 0.1) is 0 Å². The summed E-state index contributed by atoms with van der Waals surface area (Å²) in [6.45, 7) is 16.1. The minimum Gasteiger partial charge on any atom is -0.0991 e. The van der Waals surface area contributed by atoms with E-state index >= 15 is 0 Å². The molecule has 0 aromatic heterocycles. The molecular formula is C14H28. The quantitative estimate of drug-likeness (QED) is 0.510. The molecule has 0 aliphatic carbocycles. The van der Waals surface area contributed by atoms with Crippen LogP contribution in [0.15, 0.2) is 36.5 Å². The number of hydrogen-bond acceptors (Lipinski definition) is 0. The molecule has 84 valence electrons. The van der Waals surface area contributed by atoms with Crippen LogP contribution in [-0.2, 0) is 0 Å². The largest absolute Gasteiger partial charge is 0.0991 e. The average molecular weight is 196 g/mol. The van der Waals surface area contributed by atoms with E-state index < -0.39 is 0 Å². The van der Waals surface area contributed by atoms with E-state index in [9.17, 15) is 0 Å². The van der Waals surface area contributed by atoms with Crippen molar-refractivity contribution in [3.05, 3.63) is 36.5 Å². The molecule has 0 rings (SSSR count). The van der Waals surface area contributed by atoms with Crippen molar-refractivity contribution in [2.75, 3.05) is 0 Å². The summed E-state index contributed by atoms with van der Waals surface area (Å²) in [7, 11) is 0. The third-order valence-corrected chi connectivity index (χ3v) is 0.951. The molecule has 0 amide bonds. The van der Waals surface area contributed by atoms with E-state index in [1.54, 1.807) is 6.08 Å². The van der Waals surface area contributed by atoms with Gasteiger partial charge in [-0.05, 0) is 13.8 Å². The predicted molar refractivity (Wildman–Crippen MR) is 70.7 cm³/mol. The summed E-state index contributed by atoms with van der Waals surface area (Å²) in [6.07, 6.45) is 10.3. The van der Waals surface area contributed by atoms with Gasteiger partial charge in [0.1, 0.15) is 0 Å². The molecule has 0 aromatic carbocycles. The number of rotatable bonds is 2. The van der Waals surface area contributed by atoms with Crippen molar-refractivity contribution in [1.29, 1.82) is 0 Å². The Morgan fingerprint density at radius 3 is 1.64 bits per heavy atom. The van der Waals surface area contributed by atoms with Gasteiger partial charge in [0.15, 0.2) is 0 Å². The average Bonchev–Trinajstić information content (AvgIpc) is 2.16. The van der Waals surface area contributed by atoms with Crippen LogP contribution < -0.4 is 0 Å². The fraction of sp³-hybridized carbons (Fsp3) is 0.571. The minimum atomic E-state index is 1.25. The molecule has 0 aliphatic heterocycles. The first-order valence-corrected chi connectivity index (χ1v) is 5.56. The van der Waals surface area contributed by atoms with E-state index in [4.69, 9.17) is 0 Å². The Labute approximate surface area is 91.4 Å². The molecule has 0 aliphatic rings. The molecular weight excluding hydrogens is 168 g/mol. The molecule has 0 unspecified atom stereocenters. The highest BCUT2D eigenvalue weighted by atomic mass is 13.8. The molecule has 0 heterocycles. The Balaban J connectivity index is -0.000000168. The van der Waals surface area contributed by atoms with Crippen LogP contribution in [0.2, 0.25) is 0 Å². The topological polar surface area (TPSA) is 0 Å². The zero-order chi connectivity index (χ0) is 11.8. The summed E-state index contributed by atoms with van der Waals surface area (Å²) >= 11 is 0. The summed E-state index contributed by atoms with van der Waals surface area (Å²) in [5.74, 6) is 0.